The van der Waals surface area contributed by atoms with Gasteiger partial charge in [-0.25, -0.2) is 0 Å². The van der Waals surface area contributed by atoms with Crippen LogP contribution in [-0.4, -0.2) is 22.4 Å². The van der Waals surface area contributed by atoms with Crippen molar-refractivity contribution in [3.63, 3.8) is 0 Å². The summed E-state index contributed by atoms with van der Waals surface area (Å²) in [5.41, 5.74) is 0. The van der Waals surface area contributed by atoms with Gasteiger partial charge in [0.1, 0.15) is 0 Å². The summed E-state index contributed by atoms with van der Waals surface area (Å²) < 4.78 is 0. The molecule has 0 bridgehead atoms. The van der Waals surface area contributed by atoms with Crippen molar-refractivity contribution in [3.8, 4) is 0 Å². The summed E-state index contributed by atoms with van der Waals surface area (Å²) in [7, 11) is 0. The summed E-state index contributed by atoms with van der Waals surface area (Å²) in [6.07, 6.45) is 4.15. The van der Waals surface area contributed by atoms with E-state index in [1.54, 1.807) is 0 Å². The van der Waals surface area contributed by atoms with Gasteiger partial charge in [-0.2, -0.15) is 0 Å². The van der Waals surface area contributed by atoms with Gasteiger partial charge in [0.15, 0.2) is 0 Å². The fourth-order valence-electron chi connectivity index (χ4n) is 5.95. The summed E-state index contributed by atoms with van der Waals surface area (Å²) in [5.74, 6) is 4.38. The Morgan fingerprint density at radius 1 is 0.583 bits per heavy atom. The fraction of sp³-hybridized carbons (Fsp3) is 1.00. The van der Waals surface area contributed by atoms with Gasteiger partial charge in [-0.1, -0.05) is 48.5 Å². The average molecular weight is 339 g/mol. The monoisotopic (exact) mass is 338 g/mol. The lowest BCUT2D eigenvalue weighted by Crippen LogP contribution is -2.48. The van der Waals surface area contributed by atoms with Crippen LogP contribution in [0.15, 0.2) is 0 Å². The Bertz CT molecular complexity index is 355. The van der Waals surface area contributed by atoms with E-state index >= 15 is 0 Å². The van der Waals surface area contributed by atoms with E-state index in [1.807, 2.05) is 0 Å². The molecule has 0 aromatic heterocycles. The molecule has 0 aromatic carbocycles. The molecule has 2 saturated carbocycles. The van der Waals surface area contributed by atoms with Gasteiger partial charge in [-0.05, 0) is 78.9 Å². The molecule has 2 aliphatic rings. The first-order valence-electron chi connectivity index (χ1n) is 10.5. The molecule has 2 fully saturated rings. The molecular formula is C22H42O2. The molecule has 24 heavy (non-hydrogen) atoms. The summed E-state index contributed by atoms with van der Waals surface area (Å²) >= 11 is 0. The second-order valence-electron chi connectivity index (χ2n) is 10.1. The van der Waals surface area contributed by atoms with Gasteiger partial charge in [0.2, 0.25) is 0 Å². The van der Waals surface area contributed by atoms with Crippen LogP contribution in [0.1, 0.15) is 74.1 Å². The highest BCUT2D eigenvalue weighted by atomic mass is 16.3. The maximum Gasteiger partial charge on any atom is 0.0601 e. The van der Waals surface area contributed by atoms with Crippen LogP contribution in [0.3, 0.4) is 0 Å². The van der Waals surface area contributed by atoms with E-state index in [0.29, 0.717) is 53.3 Å². The lowest BCUT2D eigenvalue weighted by atomic mass is 9.59. The number of hydrogen-bond donors (Lipinski definition) is 2. The second kappa shape index (κ2) is 8.08. The van der Waals surface area contributed by atoms with Gasteiger partial charge in [0.05, 0.1) is 12.2 Å². The molecule has 0 heterocycles. The molecule has 0 saturated heterocycles. The first-order valence-corrected chi connectivity index (χ1v) is 10.5. The maximum atomic E-state index is 11.1. The van der Waals surface area contributed by atoms with Crippen LogP contribution in [-0.2, 0) is 0 Å². The fourth-order valence-corrected chi connectivity index (χ4v) is 5.95. The smallest absolute Gasteiger partial charge is 0.0601 e. The summed E-state index contributed by atoms with van der Waals surface area (Å²) in [6, 6.07) is 0. The van der Waals surface area contributed by atoms with Gasteiger partial charge in [-0.15, -0.1) is 0 Å². The van der Waals surface area contributed by atoms with Gasteiger partial charge in [-0.3, -0.25) is 0 Å². The molecule has 8 atom stereocenters. The number of hydrogen-bond acceptors (Lipinski definition) is 2. The molecule has 2 N–H and O–H groups in total. The number of rotatable bonds is 4. The molecule has 0 spiro atoms. The molecule has 0 aliphatic heterocycles. The van der Waals surface area contributed by atoms with E-state index < -0.39 is 0 Å². The van der Waals surface area contributed by atoms with E-state index in [-0.39, 0.29) is 12.2 Å². The maximum absolute atomic E-state index is 11.1. The molecule has 2 nitrogen and oxygen atoms in total. The van der Waals surface area contributed by atoms with Crippen molar-refractivity contribution < 1.29 is 10.2 Å². The second-order valence-corrected chi connectivity index (χ2v) is 10.1. The Hall–Kier alpha value is -0.0800. The van der Waals surface area contributed by atoms with Gasteiger partial charge in [0, 0.05) is 0 Å². The minimum absolute atomic E-state index is 0.196. The molecule has 2 heteroatoms. The Morgan fingerprint density at radius 2 is 0.875 bits per heavy atom. The third-order valence-corrected chi connectivity index (χ3v) is 7.52. The standard InChI is InChI=1S/C22H42O2/c1-12(2)17-8-14(5)10-19(21(17)23)16(7)20-11-15(6)9-18(13(3)4)22(20)24/h12-24H,8-11H2,1-7H3. The highest BCUT2D eigenvalue weighted by Crippen LogP contribution is 2.47. The first-order chi connectivity index (χ1) is 11.1. The zero-order valence-electron chi connectivity index (χ0n) is 17.1. The Balaban J connectivity index is 2.17. The molecule has 8 unspecified atom stereocenters. The van der Waals surface area contributed by atoms with Crippen molar-refractivity contribution in [2.75, 3.05) is 0 Å². The molecule has 2 rings (SSSR count). The van der Waals surface area contributed by atoms with Crippen molar-refractivity contribution in [3.05, 3.63) is 0 Å². The Kier molecular flexibility index (Phi) is 6.81. The molecule has 0 amide bonds. The molecule has 0 radical (unpaired) electrons. The van der Waals surface area contributed by atoms with Crippen LogP contribution in [0.5, 0.6) is 0 Å². The predicted molar refractivity (Wildman–Crippen MR) is 102 cm³/mol. The third-order valence-electron chi connectivity index (χ3n) is 7.52. The highest BCUT2D eigenvalue weighted by Gasteiger charge is 2.45. The normalized spacial score (nSPS) is 45.6. The van der Waals surface area contributed by atoms with Crippen LogP contribution in [0, 0.1) is 53.3 Å². The quantitative estimate of drug-likeness (QED) is 0.759. The first kappa shape index (κ1) is 20.2. The van der Waals surface area contributed by atoms with Crippen LogP contribution in [0.2, 0.25) is 0 Å². The Morgan fingerprint density at radius 3 is 1.17 bits per heavy atom. The van der Waals surface area contributed by atoms with Crippen molar-refractivity contribution in [2.45, 2.75) is 86.4 Å². The summed E-state index contributed by atoms with van der Waals surface area (Å²) in [6.45, 7) is 16.0. The Labute approximate surface area is 150 Å². The minimum Gasteiger partial charge on any atom is -0.393 e. The number of aliphatic hydroxyl groups is 2. The molecule has 0 aromatic rings. The van der Waals surface area contributed by atoms with Crippen molar-refractivity contribution in [1.29, 1.82) is 0 Å². The molecule has 142 valence electrons. The van der Waals surface area contributed by atoms with Crippen molar-refractivity contribution in [2.24, 2.45) is 53.3 Å². The minimum atomic E-state index is -0.196. The van der Waals surface area contributed by atoms with Crippen LogP contribution < -0.4 is 0 Å². The largest absolute Gasteiger partial charge is 0.393 e. The van der Waals surface area contributed by atoms with Crippen LogP contribution in [0.4, 0.5) is 0 Å². The average Bonchev–Trinajstić information content (AvgIpc) is 2.49. The van der Waals surface area contributed by atoms with E-state index in [2.05, 4.69) is 48.5 Å². The van der Waals surface area contributed by atoms with Gasteiger partial charge >= 0.3 is 0 Å². The zero-order valence-corrected chi connectivity index (χ0v) is 17.1. The predicted octanol–water partition coefficient (Wildman–Crippen LogP) is 4.98. The van der Waals surface area contributed by atoms with Crippen LogP contribution >= 0.6 is 0 Å². The van der Waals surface area contributed by atoms with Crippen LogP contribution in [0.25, 0.3) is 0 Å². The summed E-state index contributed by atoms with van der Waals surface area (Å²) in [5, 5.41) is 22.1. The summed E-state index contributed by atoms with van der Waals surface area (Å²) in [4.78, 5) is 0. The topological polar surface area (TPSA) is 40.5 Å². The number of aliphatic hydroxyl groups excluding tert-OH is 2. The molecular weight excluding hydrogens is 296 g/mol. The van der Waals surface area contributed by atoms with E-state index in [4.69, 9.17) is 0 Å². The van der Waals surface area contributed by atoms with Crippen molar-refractivity contribution in [1.82, 2.24) is 0 Å². The SMILES string of the molecule is CC1CC(C(C)C)C(O)C(C(C)C2CC(C)CC(C(C)C)C2O)C1. The van der Waals surface area contributed by atoms with E-state index in [9.17, 15) is 10.2 Å². The van der Waals surface area contributed by atoms with Gasteiger partial charge in [0.25, 0.3) is 0 Å². The van der Waals surface area contributed by atoms with Crippen molar-refractivity contribution >= 4 is 0 Å². The lowest BCUT2D eigenvalue weighted by Gasteiger charge is -2.49. The van der Waals surface area contributed by atoms with E-state index in [0.717, 1.165) is 25.7 Å². The zero-order chi connectivity index (χ0) is 18.2. The molecule has 2 aliphatic carbocycles. The third kappa shape index (κ3) is 4.18. The van der Waals surface area contributed by atoms with E-state index in [1.165, 1.54) is 0 Å². The van der Waals surface area contributed by atoms with Gasteiger partial charge < -0.3 is 10.2 Å². The highest BCUT2D eigenvalue weighted by molar-refractivity contribution is 4.95. The lowest BCUT2D eigenvalue weighted by molar-refractivity contribution is -0.0932.